The number of benzene rings is 3. The summed E-state index contributed by atoms with van der Waals surface area (Å²) in [7, 11) is -2.58. The highest BCUT2D eigenvalue weighted by atomic mass is 35.5. The topological polar surface area (TPSA) is 122 Å². The summed E-state index contributed by atoms with van der Waals surface area (Å²) in [4.78, 5) is 23.6. The molecule has 1 amide bonds. The van der Waals surface area contributed by atoms with E-state index in [2.05, 4.69) is 10.0 Å². The minimum absolute atomic E-state index is 0.0604. The van der Waals surface area contributed by atoms with Gasteiger partial charge in [-0.2, -0.15) is 0 Å². The van der Waals surface area contributed by atoms with Gasteiger partial charge >= 0.3 is 5.97 Å². The monoisotopic (exact) mass is 460 g/mol. The predicted molar refractivity (Wildman–Crippen MR) is 117 cm³/mol. The molecule has 0 spiro atoms. The zero-order valence-corrected chi connectivity index (χ0v) is 17.7. The molecular weight excluding hydrogens is 444 g/mol. The highest BCUT2D eigenvalue weighted by molar-refractivity contribution is 7.92. The van der Waals surface area contributed by atoms with Crippen LogP contribution < -0.4 is 14.8 Å². The second kappa shape index (κ2) is 9.07. The number of amides is 1. The van der Waals surface area contributed by atoms with E-state index in [-0.39, 0.29) is 27.4 Å². The van der Waals surface area contributed by atoms with Crippen molar-refractivity contribution < 1.29 is 27.9 Å². The van der Waals surface area contributed by atoms with Crippen molar-refractivity contribution >= 4 is 44.9 Å². The van der Waals surface area contributed by atoms with Crippen molar-refractivity contribution in [1.82, 2.24) is 0 Å². The Morgan fingerprint density at radius 2 is 1.65 bits per heavy atom. The van der Waals surface area contributed by atoms with Gasteiger partial charge in [-0.05, 0) is 54.6 Å². The Morgan fingerprint density at radius 3 is 2.29 bits per heavy atom. The molecule has 8 nitrogen and oxygen atoms in total. The van der Waals surface area contributed by atoms with Crippen LogP contribution in [-0.2, 0) is 10.0 Å². The zero-order chi connectivity index (χ0) is 22.6. The molecule has 0 unspecified atom stereocenters. The fourth-order valence-electron chi connectivity index (χ4n) is 2.72. The molecule has 0 aromatic heterocycles. The van der Waals surface area contributed by atoms with Crippen LogP contribution in [0.15, 0.2) is 71.6 Å². The first kappa shape index (κ1) is 22.1. The van der Waals surface area contributed by atoms with Gasteiger partial charge in [-0.3, -0.25) is 9.52 Å². The first-order valence-electron chi connectivity index (χ1n) is 8.81. The molecule has 3 aromatic rings. The molecule has 3 rings (SSSR count). The largest absolute Gasteiger partial charge is 0.495 e. The van der Waals surface area contributed by atoms with Gasteiger partial charge in [0.05, 0.1) is 28.9 Å². The van der Waals surface area contributed by atoms with E-state index >= 15 is 0 Å². The number of para-hydroxylation sites is 1. The summed E-state index contributed by atoms with van der Waals surface area (Å²) in [5, 5.41) is 12.0. The number of ether oxygens (including phenoxy) is 1. The maximum Gasteiger partial charge on any atom is 0.337 e. The molecule has 160 valence electrons. The van der Waals surface area contributed by atoms with E-state index in [0.717, 1.165) is 0 Å². The fourth-order valence-corrected chi connectivity index (χ4v) is 3.96. The number of carbonyl (C=O) groups excluding carboxylic acids is 1. The maximum absolute atomic E-state index is 12.7. The van der Waals surface area contributed by atoms with E-state index in [1.165, 1.54) is 55.6 Å². The molecule has 0 aliphatic rings. The Balaban J connectivity index is 1.80. The number of halogens is 1. The number of aromatic carboxylic acids is 1. The minimum Gasteiger partial charge on any atom is -0.495 e. The van der Waals surface area contributed by atoms with Crippen molar-refractivity contribution in [2.75, 3.05) is 17.1 Å². The van der Waals surface area contributed by atoms with Gasteiger partial charge in [-0.15, -0.1) is 0 Å². The van der Waals surface area contributed by atoms with Gasteiger partial charge in [-0.25, -0.2) is 13.2 Å². The molecule has 3 N–H and O–H groups in total. The number of carbonyl (C=O) groups is 2. The first-order valence-corrected chi connectivity index (χ1v) is 10.7. The van der Waals surface area contributed by atoms with Crippen LogP contribution in [-0.4, -0.2) is 32.5 Å². The van der Waals surface area contributed by atoms with Gasteiger partial charge in [0, 0.05) is 10.6 Å². The van der Waals surface area contributed by atoms with Crippen molar-refractivity contribution in [3.8, 4) is 5.75 Å². The molecule has 3 aromatic carbocycles. The molecule has 0 atom stereocenters. The van der Waals surface area contributed by atoms with Crippen LogP contribution >= 0.6 is 11.6 Å². The molecule has 0 aliphatic heterocycles. The van der Waals surface area contributed by atoms with Crippen molar-refractivity contribution in [3.05, 3.63) is 82.9 Å². The molecular formula is C21H17ClN2O6S. The molecule has 0 saturated heterocycles. The standard InChI is InChI=1S/C21H17ClN2O6S/c1-30-19-11-8-14(22)12-18(19)24-31(28,29)15-9-6-13(7-10-15)20(25)23-17-5-3-2-4-16(17)21(26)27/h2-12,24H,1H3,(H,23,25)(H,26,27). The Bertz CT molecular complexity index is 1240. The first-order chi connectivity index (χ1) is 14.7. The SMILES string of the molecule is COc1ccc(Cl)cc1NS(=O)(=O)c1ccc(C(=O)Nc2ccccc2C(=O)O)cc1. The van der Waals surface area contributed by atoms with Crippen molar-refractivity contribution in [2.24, 2.45) is 0 Å². The van der Waals surface area contributed by atoms with Crippen LogP contribution in [0.3, 0.4) is 0 Å². The van der Waals surface area contributed by atoms with Crippen LogP contribution in [0.5, 0.6) is 5.75 Å². The van der Waals surface area contributed by atoms with Crippen molar-refractivity contribution in [2.45, 2.75) is 4.90 Å². The number of anilines is 2. The third-order valence-electron chi connectivity index (χ3n) is 4.24. The van der Waals surface area contributed by atoms with E-state index in [9.17, 15) is 23.1 Å². The van der Waals surface area contributed by atoms with E-state index < -0.39 is 21.9 Å². The molecule has 0 heterocycles. The Hall–Kier alpha value is -3.56. The lowest BCUT2D eigenvalue weighted by atomic mass is 10.1. The molecule has 0 saturated carbocycles. The Kier molecular flexibility index (Phi) is 6.47. The lowest BCUT2D eigenvalue weighted by Gasteiger charge is -2.13. The molecule has 31 heavy (non-hydrogen) atoms. The van der Waals surface area contributed by atoms with Gasteiger partial charge in [-0.1, -0.05) is 23.7 Å². The minimum atomic E-state index is -3.98. The van der Waals surface area contributed by atoms with Crippen molar-refractivity contribution in [3.63, 3.8) is 0 Å². The summed E-state index contributed by atoms with van der Waals surface area (Å²) in [5.74, 6) is -1.47. The summed E-state index contributed by atoms with van der Waals surface area (Å²) in [5.41, 5.74) is 0.391. The number of methoxy groups -OCH3 is 1. The second-order valence-electron chi connectivity index (χ2n) is 6.28. The highest BCUT2D eigenvalue weighted by Gasteiger charge is 2.18. The quantitative estimate of drug-likeness (QED) is 0.488. The van der Waals surface area contributed by atoms with Crippen molar-refractivity contribution in [1.29, 1.82) is 0 Å². The lowest BCUT2D eigenvalue weighted by molar-refractivity contribution is 0.0698. The number of carboxylic acids is 1. The Morgan fingerprint density at radius 1 is 0.968 bits per heavy atom. The van der Waals surface area contributed by atoms with E-state index in [1.807, 2.05) is 0 Å². The summed E-state index contributed by atoms with van der Waals surface area (Å²) in [6, 6.07) is 15.6. The van der Waals surface area contributed by atoms with E-state index in [4.69, 9.17) is 16.3 Å². The normalized spacial score (nSPS) is 10.9. The molecule has 0 aliphatic carbocycles. The van der Waals surface area contributed by atoms with Crippen LogP contribution in [0, 0.1) is 0 Å². The average molecular weight is 461 g/mol. The second-order valence-corrected chi connectivity index (χ2v) is 8.40. The van der Waals surface area contributed by atoms with Gasteiger partial charge in [0.2, 0.25) is 0 Å². The average Bonchev–Trinajstić information content (AvgIpc) is 2.74. The number of nitrogens with one attached hydrogen (secondary N) is 2. The summed E-state index contributed by atoms with van der Waals surface area (Å²) in [6.07, 6.45) is 0. The Labute approximate surface area is 183 Å². The number of rotatable bonds is 7. The van der Waals surface area contributed by atoms with Gasteiger partial charge in [0.15, 0.2) is 0 Å². The van der Waals surface area contributed by atoms with Crippen LogP contribution in [0.25, 0.3) is 0 Å². The molecule has 0 radical (unpaired) electrons. The van der Waals surface area contributed by atoms with Gasteiger partial charge in [0.25, 0.3) is 15.9 Å². The summed E-state index contributed by atoms with van der Waals surface area (Å²) >= 11 is 5.93. The number of hydrogen-bond acceptors (Lipinski definition) is 5. The smallest absolute Gasteiger partial charge is 0.337 e. The lowest BCUT2D eigenvalue weighted by Crippen LogP contribution is -2.16. The summed E-state index contributed by atoms with van der Waals surface area (Å²) < 4.78 is 32.9. The maximum atomic E-state index is 12.7. The summed E-state index contributed by atoms with van der Waals surface area (Å²) in [6.45, 7) is 0. The van der Waals surface area contributed by atoms with Crippen LogP contribution in [0.2, 0.25) is 5.02 Å². The van der Waals surface area contributed by atoms with Gasteiger partial charge < -0.3 is 15.2 Å². The number of sulfonamides is 1. The highest BCUT2D eigenvalue weighted by Crippen LogP contribution is 2.30. The fraction of sp³-hybridized carbons (Fsp3) is 0.0476. The molecule has 0 bridgehead atoms. The number of carboxylic acid groups (broad SMARTS) is 1. The van der Waals surface area contributed by atoms with Gasteiger partial charge in [0.1, 0.15) is 5.75 Å². The van der Waals surface area contributed by atoms with Crippen LogP contribution in [0.4, 0.5) is 11.4 Å². The molecule has 10 heteroatoms. The predicted octanol–water partition coefficient (Wildman–Crippen LogP) is 4.10. The van der Waals surface area contributed by atoms with Crippen LogP contribution in [0.1, 0.15) is 20.7 Å². The third kappa shape index (κ3) is 5.14. The van der Waals surface area contributed by atoms with E-state index in [1.54, 1.807) is 18.2 Å². The van der Waals surface area contributed by atoms with E-state index in [0.29, 0.717) is 10.8 Å². The number of hydrogen-bond donors (Lipinski definition) is 3. The zero-order valence-electron chi connectivity index (χ0n) is 16.1. The molecule has 0 fully saturated rings. The third-order valence-corrected chi connectivity index (χ3v) is 5.85.